The van der Waals surface area contributed by atoms with Crippen LogP contribution in [0.5, 0.6) is 0 Å². The Hall–Kier alpha value is -2.86. The number of fused-ring (bicyclic) bond motifs is 3. The molecule has 4 rings (SSSR count). The number of carboxylic acid groups (broad SMARTS) is 1. The second kappa shape index (κ2) is 8.58. The standard InChI is InChI=1S/C26H32N2O4/c1-4-13-26(14-15-28(2,3)17-26)23(24(29)30)27-25(31)32-16-22-20-11-7-5-9-18(20)19-10-6-8-12-21(19)22/h5-12,22-23H,4,13-17H2,1-3H3,(H-,27,29,30,31)/p+1/t23-,26-/m1/s1. The van der Waals surface area contributed by atoms with Crippen LogP contribution in [0.25, 0.3) is 11.1 Å². The molecule has 0 spiro atoms. The van der Waals surface area contributed by atoms with Crippen molar-refractivity contribution in [2.24, 2.45) is 5.41 Å². The van der Waals surface area contributed by atoms with Crippen LogP contribution in [0.3, 0.4) is 0 Å². The first-order valence-electron chi connectivity index (χ1n) is 11.4. The molecule has 6 nitrogen and oxygen atoms in total. The van der Waals surface area contributed by atoms with E-state index in [1.807, 2.05) is 24.3 Å². The molecule has 1 heterocycles. The minimum absolute atomic E-state index is 0.0527. The van der Waals surface area contributed by atoms with Gasteiger partial charge in [-0.25, -0.2) is 9.59 Å². The minimum atomic E-state index is -0.992. The molecule has 0 radical (unpaired) electrons. The number of carbonyl (C=O) groups is 2. The van der Waals surface area contributed by atoms with E-state index >= 15 is 0 Å². The molecule has 2 N–H and O–H groups in total. The van der Waals surface area contributed by atoms with Crippen molar-refractivity contribution >= 4 is 12.1 Å². The number of rotatable bonds is 7. The number of ether oxygens (including phenoxy) is 1. The molecule has 2 aromatic rings. The van der Waals surface area contributed by atoms with Crippen molar-refractivity contribution in [3.63, 3.8) is 0 Å². The average Bonchev–Trinajstić information content (AvgIpc) is 3.25. The maximum absolute atomic E-state index is 12.8. The Morgan fingerprint density at radius 1 is 1.12 bits per heavy atom. The summed E-state index contributed by atoms with van der Waals surface area (Å²) in [7, 11) is 4.23. The number of amides is 1. The number of quaternary nitrogens is 1. The Morgan fingerprint density at radius 3 is 2.22 bits per heavy atom. The molecule has 1 fully saturated rings. The highest BCUT2D eigenvalue weighted by Crippen LogP contribution is 2.45. The fraction of sp³-hybridized carbons (Fsp3) is 0.462. The molecule has 1 aliphatic heterocycles. The van der Waals surface area contributed by atoms with Crippen LogP contribution in [0.4, 0.5) is 4.79 Å². The number of carboxylic acids is 1. The SMILES string of the molecule is CCC[C@@]1([C@H](NC(=O)OCC2c3ccccc3-c3ccccc32)C(=O)O)CC[N+](C)(C)C1. The molecule has 1 aliphatic carbocycles. The Balaban J connectivity index is 1.49. The second-order valence-corrected chi connectivity index (χ2v) is 9.92. The summed E-state index contributed by atoms with van der Waals surface area (Å²) in [6.07, 6.45) is 1.74. The van der Waals surface area contributed by atoms with E-state index in [1.54, 1.807) is 0 Å². The Bertz CT molecular complexity index is 973. The number of likely N-dealkylation sites (tertiary alicyclic amines) is 1. The Morgan fingerprint density at radius 2 is 1.72 bits per heavy atom. The highest BCUT2D eigenvalue weighted by Gasteiger charge is 2.52. The summed E-state index contributed by atoms with van der Waals surface area (Å²) < 4.78 is 6.40. The number of nitrogens with zero attached hydrogens (tertiary/aromatic N) is 1. The van der Waals surface area contributed by atoms with E-state index in [1.165, 1.54) is 0 Å². The van der Waals surface area contributed by atoms with Crippen molar-refractivity contribution in [3.8, 4) is 11.1 Å². The summed E-state index contributed by atoms with van der Waals surface area (Å²) in [4.78, 5) is 25.0. The van der Waals surface area contributed by atoms with Crippen LogP contribution in [-0.2, 0) is 9.53 Å². The lowest BCUT2D eigenvalue weighted by molar-refractivity contribution is -0.881. The second-order valence-electron chi connectivity index (χ2n) is 9.92. The first-order chi connectivity index (χ1) is 15.3. The van der Waals surface area contributed by atoms with Gasteiger partial charge in [-0.15, -0.1) is 0 Å². The van der Waals surface area contributed by atoms with Crippen LogP contribution in [0.2, 0.25) is 0 Å². The predicted octanol–water partition coefficient (Wildman–Crippen LogP) is 4.24. The van der Waals surface area contributed by atoms with Gasteiger partial charge in [0.25, 0.3) is 0 Å². The van der Waals surface area contributed by atoms with Crippen molar-refractivity contribution in [2.45, 2.75) is 38.1 Å². The van der Waals surface area contributed by atoms with Gasteiger partial charge in [-0.3, -0.25) is 0 Å². The van der Waals surface area contributed by atoms with Crippen molar-refractivity contribution in [2.75, 3.05) is 33.8 Å². The number of alkyl carbamates (subject to hydrolysis) is 1. The van der Waals surface area contributed by atoms with E-state index in [2.05, 4.69) is 50.6 Å². The number of nitrogens with one attached hydrogen (secondary N) is 1. The van der Waals surface area contributed by atoms with E-state index in [0.29, 0.717) is 0 Å². The molecule has 32 heavy (non-hydrogen) atoms. The summed E-state index contributed by atoms with van der Waals surface area (Å²) in [5.41, 5.74) is 4.12. The van der Waals surface area contributed by atoms with E-state index in [9.17, 15) is 14.7 Å². The van der Waals surface area contributed by atoms with Gasteiger partial charge in [0, 0.05) is 12.3 Å². The molecule has 1 amide bonds. The van der Waals surface area contributed by atoms with Gasteiger partial charge in [0.1, 0.15) is 12.6 Å². The van der Waals surface area contributed by atoms with Crippen molar-refractivity contribution in [3.05, 3.63) is 59.7 Å². The van der Waals surface area contributed by atoms with Crippen LogP contribution < -0.4 is 5.32 Å². The molecule has 6 heteroatoms. The molecule has 1 saturated heterocycles. The van der Waals surface area contributed by atoms with E-state index in [-0.39, 0.29) is 12.5 Å². The summed E-state index contributed by atoms with van der Waals surface area (Å²) >= 11 is 0. The summed E-state index contributed by atoms with van der Waals surface area (Å²) in [5, 5.41) is 12.7. The fourth-order valence-corrected chi connectivity index (χ4v) is 5.85. The summed E-state index contributed by atoms with van der Waals surface area (Å²) in [6.45, 7) is 3.86. The van der Waals surface area contributed by atoms with E-state index in [0.717, 1.165) is 59.1 Å². The average molecular weight is 438 g/mol. The monoisotopic (exact) mass is 437 g/mol. The topological polar surface area (TPSA) is 75.6 Å². The molecular weight excluding hydrogens is 404 g/mol. The molecule has 2 atom stereocenters. The van der Waals surface area contributed by atoms with Gasteiger partial charge in [0.2, 0.25) is 0 Å². The number of aliphatic carboxylic acids is 1. The van der Waals surface area contributed by atoms with Crippen LogP contribution in [0.15, 0.2) is 48.5 Å². The maximum Gasteiger partial charge on any atom is 0.407 e. The van der Waals surface area contributed by atoms with Crippen molar-refractivity contribution in [1.29, 1.82) is 0 Å². The van der Waals surface area contributed by atoms with Crippen molar-refractivity contribution in [1.82, 2.24) is 5.32 Å². The highest BCUT2D eigenvalue weighted by atomic mass is 16.5. The van der Waals surface area contributed by atoms with Gasteiger partial charge >= 0.3 is 12.1 Å². The van der Waals surface area contributed by atoms with Gasteiger partial charge < -0.3 is 19.6 Å². The third-order valence-corrected chi connectivity index (χ3v) is 7.17. The van der Waals surface area contributed by atoms with E-state index in [4.69, 9.17) is 4.74 Å². The first-order valence-corrected chi connectivity index (χ1v) is 11.4. The number of hydrogen-bond acceptors (Lipinski definition) is 3. The number of hydrogen-bond donors (Lipinski definition) is 2. The Kier molecular flexibility index (Phi) is 5.99. The lowest BCUT2D eigenvalue weighted by Gasteiger charge is -2.35. The maximum atomic E-state index is 12.8. The lowest BCUT2D eigenvalue weighted by Crippen LogP contribution is -2.55. The van der Waals surface area contributed by atoms with Gasteiger partial charge in [0.15, 0.2) is 0 Å². The normalized spacial score (nSPS) is 22.1. The molecule has 170 valence electrons. The van der Waals surface area contributed by atoms with Crippen LogP contribution >= 0.6 is 0 Å². The molecule has 2 aliphatic rings. The quantitative estimate of drug-likeness (QED) is 0.635. The summed E-state index contributed by atoms with van der Waals surface area (Å²) in [5.74, 6) is -1.04. The molecule has 0 unspecified atom stereocenters. The van der Waals surface area contributed by atoms with Gasteiger partial charge in [-0.2, -0.15) is 0 Å². The zero-order valence-electron chi connectivity index (χ0n) is 19.1. The third-order valence-electron chi connectivity index (χ3n) is 7.17. The number of benzene rings is 2. The summed E-state index contributed by atoms with van der Waals surface area (Å²) in [6, 6.07) is 15.4. The molecule has 0 bridgehead atoms. The van der Waals surface area contributed by atoms with Crippen LogP contribution in [0, 0.1) is 5.41 Å². The molecule has 0 aromatic heterocycles. The predicted molar refractivity (Wildman–Crippen MR) is 123 cm³/mol. The van der Waals surface area contributed by atoms with E-state index < -0.39 is 23.5 Å². The van der Waals surface area contributed by atoms with Gasteiger partial charge in [-0.05, 0) is 28.7 Å². The third kappa shape index (κ3) is 4.11. The highest BCUT2D eigenvalue weighted by molar-refractivity contribution is 5.81. The Labute approximate surface area is 189 Å². The zero-order chi connectivity index (χ0) is 22.9. The van der Waals surface area contributed by atoms with Gasteiger partial charge in [-0.1, -0.05) is 61.9 Å². The molecule has 2 aromatic carbocycles. The molecule has 0 saturated carbocycles. The van der Waals surface area contributed by atoms with Gasteiger partial charge in [0.05, 0.1) is 32.6 Å². The van der Waals surface area contributed by atoms with Crippen LogP contribution in [0.1, 0.15) is 43.2 Å². The minimum Gasteiger partial charge on any atom is -0.480 e. The zero-order valence-corrected chi connectivity index (χ0v) is 19.1. The molecular formula is C26H33N2O4+. The fourth-order valence-electron chi connectivity index (χ4n) is 5.85. The smallest absolute Gasteiger partial charge is 0.407 e. The largest absolute Gasteiger partial charge is 0.480 e. The van der Waals surface area contributed by atoms with Crippen molar-refractivity contribution < 1.29 is 23.9 Å². The van der Waals surface area contributed by atoms with Crippen LogP contribution in [-0.4, -0.2) is 61.5 Å². The first kappa shape index (κ1) is 22.3. The number of carbonyl (C=O) groups excluding carboxylic acids is 1. The lowest BCUT2D eigenvalue weighted by atomic mass is 9.75.